The van der Waals surface area contributed by atoms with E-state index in [2.05, 4.69) is 15.0 Å². The molecule has 3 aromatic heterocycles. The molecule has 272 valence electrons. The number of aromatic nitrogens is 4. The normalized spacial score (nSPS) is 18.4. The fourth-order valence-corrected chi connectivity index (χ4v) is 6.54. The molecule has 2 atom stereocenters. The first-order valence-electron chi connectivity index (χ1n) is 16.4. The number of ketones is 2. The van der Waals surface area contributed by atoms with E-state index in [1.54, 1.807) is 32.1 Å². The van der Waals surface area contributed by atoms with Crippen molar-refractivity contribution in [1.29, 1.82) is 0 Å². The Morgan fingerprint density at radius 1 is 0.673 bits per heavy atom. The molecule has 0 unspecified atom stereocenters. The fourth-order valence-electron chi connectivity index (χ4n) is 6.54. The first-order valence-corrected chi connectivity index (χ1v) is 16.4. The van der Waals surface area contributed by atoms with Gasteiger partial charge in [0.05, 0.1) is 63.5 Å². The highest BCUT2D eigenvalue weighted by Crippen LogP contribution is 2.39. The number of nitrogens with zero attached hydrogens (tertiary/aromatic N) is 2. The highest BCUT2D eigenvalue weighted by atomic mass is 16.5. The summed E-state index contributed by atoms with van der Waals surface area (Å²) in [6, 6.07) is 6.40. The van der Waals surface area contributed by atoms with Crippen LogP contribution in [-0.4, -0.2) is 83.8 Å². The molecule has 0 saturated heterocycles. The fraction of sp³-hybridized carbons (Fsp3) is 0.368. The van der Waals surface area contributed by atoms with Gasteiger partial charge in [0.15, 0.2) is 11.6 Å². The van der Waals surface area contributed by atoms with Gasteiger partial charge in [-0.2, -0.15) is 0 Å². The lowest BCUT2D eigenvalue weighted by Crippen LogP contribution is -2.33. The van der Waals surface area contributed by atoms with Gasteiger partial charge >= 0.3 is 23.9 Å². The van der Waals surface area contributed by atoms with Crippen molar-refractivity contribution in [2.24, 2.45) is 0 Å². The predicted octanol–water partition coefficient (Wildman–Crippen LogP) is 4.63. The van der Waals surface area contributed by atoms with Crippen molar-refractivity contribution in [3.63, 3.8) is 0 Å². The zero-order valence-corrected chi connectivity index (χ0v) is 30.3. The van der Waals surface area contributed by atoms with Gasteiger partial charge in [0.2, 0.25) is 0 Å². The number of H-pyrrole nitrogens is 2. The molecule has 52 heavy (non-hydrogen) atoms. The van der Waals surface area contributed by atoms with Gasteiger partial charge in [0, 0.05) is 40.1 Å². The number of aromatic amines is 2. The highest BCUT2D eigenvalue weighted by molar-refractivity contribution is 6.09. The Kier molecular flexibility index (Phi) is 10.3. The van der Waals surface area contributed by atoms with Gasteiger partial charge < -0.3 is 28.9 Å². The number of rotatable bonds is 9. The smallest absolute Gasteiger partial charge is 0.330 e. The van der Waals surface area contributed by atoms with E-state index in [9.17, 15) is 28.8 Å². The number of nitrogens with one attached hydrogen (secondary N) is 2. The van der Waals surface area contributed by atoms with E-state index in [1.807, 2.05) is 19.9 Å². The van der Waals surface area contributed by atoms with E-state index >= 15 is 0 Å². The van der Waals surface area contributed by atoms with Gasteiger partial charge in [-0.1, -0.05) is 0 Å². The molecule has 0 aliphatic carbocycles. The molecule has 5 rings (SSSR count). The molecule has 0 fully saturated rings. The molecule has 2 aliphatic heterocycles. The van der Waals surface area contributed by atoms with Gasteiger partial charge in [-0.25, -0.2) is 14.8 Å². The van der Waals surface area contributed by atoms with E-state index < -0.39 is 46.3 Å². The van der Waals surface area contributed by atoms with Crippen molar-refractivity contribution < 1.29 is 47.7 Å². The summed E-state index contributed by atoms with van der Waals surface area (Å²) < 4.78 is 19.6. The van der Waals surface area contributed by atoms with Crippen molar-refractivity contribution in [2.75, 3.05) is 28.4 Å². The molecule has 0 amide bonds. The lowest BCUT2D eigenvalue weighted by atomic mass is 9.78. The molecule has 2 N–H and O–H groups in total. The van der Waals surface area contributed by atoms with Crippen molar-refractivity contribution in [2.45, 2.75) is 64.2 Å². The maximum atomic E-state index is 14.2. The zero-order valence-electron chi connectivity index (χ0n) is 30.3. The van der Waals surface area contributed by atoms with Crippen LogP contribution in [0.1, 0.15) is 87.7 Å². The number of esters is 4. The molecule has 14 nitrogen and oxygen atoms in total. The van der Waals surface area contributed by atoms with Gasteiger partial charge in [-0.05, 0) is 81.1 Å². The summed E-state index contributed by atoms with van der Waals surface area (Å²) in [6.07, 6.45) is 2.53. The van der Waals surface area contributed by atoms with Crippen molar-refractivity contribution in [3.8, 4) is 0 Å². The topological polar surface area (TPSA) is 197 Å². The molecule has 3 aromatic rings. The number of methoxy groups -OCH3 is 4. The Morgan fingerprint density at radius 2 is 1.19 bits per heavy atom. The minimum Gasteiger partial charge on any atom is -0.469 e. The minimum atomic E-state index is -1.52. The van der Waals surface area contributed by atoms with E-state index in [0.717, 1.165) is 11.1 Å². The third-order valence-electron chi connectivity index (χ3n) is 9.87. The van der Waals surface area contributed by atoms with E-state index in [4.69, 9.17) is 23.9 Å². The number of ether oxygens (including phenoxy) is 4. The first-order chi connectivity index (χ1) is 24.6. The van der Waals surface area contributed by atoms with Gasteiger partial charge in [0.1, 0.15) is 11.4 Å². The molecular formula is C38H40N4O10. The number of carbonyl (C=O) groups excluding carboxylic acids is 6. The van der Waals surface area contributed by atoms with Crippen molar-refractivity contribution >= 4 is 63.6 Å². The average molecular weight is 713 g/mol. The van der Waals surface area contributed by atoms with Crippen LogP contribution in [0.5, 0.6) is 0 Å². The molecule has 14 heteroatoms. The van der Waals surface area contributed by atoms with Crippen LogP contribution in [0.25, 0.3) is 28.1 Å². The maximum Gasteiger partial charge on any atom is 0.330 e. The van der Waals surface area contributed by atoms with Gasteiger partial charge in [-0.3, -0.25) is 24.0 Å². The highest BCUT2D eigenvalue weighted by Gasteiger charge is 2.48. The molecular weight excluding hydrogens is 672 g/mol. The van der Waals surface area contributed by atoms with Crippen LogP contribution in [0.4, 0.5) is 0 Å². The number of hydrogen-bond acceptors (Lipinski definition) is 12. The van der Waals surface area contributed by atoms with E-state index in [0.29, 0.717) is 33.2 Å². The van der Waals surface area contributed by atoms with E-state index in [-0.39, 0.29) is 48.5 Å². The summed E-state index contributed by atoms with van der Waals surface area (Å²) in [5, 5.41) is 0. The van der Waals surface area contributed by atoms with Crippen LogP contribution in [0, 0.1) is 13.8 Å². The lowest BCUT2D eigenvalue weighted by molar-refractivity contribution is -0.142. The monoisotopic (exact) mass is 712 g/mol. The van der Waals surface area contributed by atoms with Crippen LogP contribution in [0.15, 0.2) is 30.3 Å². The molecule has 0 saturated carbocycles. The summed E-state index contributed by atoms with van der Waals surface area (Å²) in [7, 11) is 5.01. The Balaban J connectivity index is 1.97. The lowest BCUT2D eigenvalue weighted by Gasteiger charge is -2.21. The average Bonchev–Trinajstić information content (AvgIpc) is 3.73. The maximum absolute atomic E-state index is 14.2. The summed E-state index contributed by atoms with van der Waals surface area (Å²) in [4.78, 5) is 94.2. The Labute approximate surface area is 298 Å². The molecule has 0 aromatic carbocycles. The SMILES string of the molecule is COC(=O)/C=C/c1c(C)c2cc3nc(cc4nc(cc5[nH]c(cc1[nH]2)c(CCC(=O)OC)c5C)C(=O)[C@]4(C)CC(=O)OC)C(=O)[C@]3(C)CC(=O)OC. The number of aryl methyl sites for hydroxylation is 3. The summed E-state index contributed by atoms with van der Waals surface area (Å²) in [6.45, 7) is 6.79. The van der Waals surface area contributed by atoms with Crippen molar-refractivity contribution in [3.05, 3.63) is 75.4 Å². The van der Waals surface area contributed by atoms with Crippen LogP contribution in [0.2, 0.25) is 0 Å². The summed E-state index contributed by atoms with van der Waals surface area (Å²) in [5.41, 5.74) is 2.27. The number of hydrogen-bond donors (Lipinski definition) is 2. The minimum absolute atomic E-state index is 0.0130. The Bertz CT molecular complexity index is 2230. The van der Waals surface area contributed by atoms with Crippen molar-refractivity contribution in [1.82, 2.24) is 19.9 Å². The largest absolute Gasteiger partial charge is 0.469 e. The summed E-state index contributed by atoms with van der Waals surface area (Å²) in [5.74, 6) is -3.29. The van der Waals surface area contributed by atoms with Crippen LogP contribution < -0.4 is 0 Å². The Hall–Kier alpha value is -5.92. The van der Waals surface area contributed by atoms with Crippen LogP contribution >= 0.6 is 0 Å². The summed E-state index contributed by atoms with van der Waals surface area (Å²) >= 11 is 0. The number of Topliss-reactive ketones (excluding diaryl/α,β-unsaturated/α-hetero) is 2. The van der Waals surface area contributed by atoms with Crippen LogP contribution in [-0.2, 0) is 55.4 Å². The molecule has 0 radical (unpaired) electrons. The predicted molar refractivity (Wildman–Crippen MR) is 188 cm³/mol. The molecule has 5 heterocycles. The third kappa shape index (κ3) is 6.75. The van der Waals surface area contributed by atoms with Gasteiger partial charge in [0.25, 0.3) is 0 Å². The molecule has 8 bridgehead atoms. The number of fused-ring (bicyclic) bond motifs is 8. The van der Waals surface area contributed by atoms with E-state index in [1.165, 1.54) is 40.6 Å². The quantitative estimate of drug-likeness (QED) is 0.178. The first kappa shape index (κ1) is 37.3. The third-order valence-corrected chi connectivity index (χ3v) is 9.87. The standard InChI is InChI=1S/C38H40N4O10/c1-19-21(9-11-31(43)49-5)25-14-26-22(10-12-32(44)50-6)20(2)24(40-26)15-29-37(3,17-33(45)51-7)36(48)28(42-29)16-30-38(4,18-34(46)52-8)35(47)27(41-30)13-23(19)39-25/h10,12-16,39-40H,9,11,17-18H2,1-8H3/b12-10+,23-13?,24-15?,25-14?,26-14?,27-13?,28-16?,29-15?,30-16?/t37-,38-/m1/s1. The number of carbonyl (C=O) groups is 6. The van der Waals surface area contributed by atoms with Gasteiger partial charge in [-0.15, -0.1) is 0 Å². The second kappa shape index (κ2) is 14.4. The zero-order chi connectivity index (χ0) is 38.1. The molecule has 2 aliphatic rings. The Morgan fingerprint density at radius 3 is 1.75 bits per heavy atom. The second-order valence-electron chi connectivity index (χ2n) is 13.1. The second-order valence-corrected chi connectivity index (χ2v) is 13.1. The molecule has 0 spiro atoms. The van der Waals surface area contributed by atoms with Crippen LogP contribution in [0.3, 0.4) is 0 Å².